The van der Waals surface area contributed by atoms with Gasteiger partial charge in [0.1, 0.15) is 11.8 Å². The second kappa shape index (κ2) is 6.53. The van der Waals surface area contributed by atoms with Gasteiger partial charge in [-0.3, -0.25) is 4.57 Å². The molecule has 1 saturated carbocycles. The van der Waals surface area contributed by atoms with E-state index in [-0.39, 0.29) is 0 Å². The Hall–Kier alpha value is -1.47. The lowest BCUT2D eigenvalue weighted by molar-refractivity contribution is 0.0243. The minimum Gasteiger partial charge on any atom is -0.479 e. The molecule has 2 aromatic heterocycles. The van der Waals surface area contributed by atoms with Gasteiger partial charge < -0.3 is 14.5 Å². The highest BCUT2D eigenvalue weighted by Gasteiger charge is 2.15. The van der Waals surface area contributed by atoms with E-state index < -0.39 is 0 Å². The van der Waals surface area contributed by atoms with Crippen LogP contribution in [-0.2, 0) is 11.3 Å². The van der Waals surface area contributed by atoms with Crippen molar-refractivity contribution in [3.8, 4) is 5.88 Å². The van der Waals surface area contributed by atoms with E-state index in [2.05, 4.69) is 15.0 Å². The highest BCUT2D eigenvalue weighted by atomic mass is 32.1. The quantitative estimate of drug-likeness (QED) is 0.860. The van der Waals surface area contributed by atoms with Crippen molar-refractivity contribution in [3.05, 3.63) is 11.1 Å². The molecule has 1 aliphatic rings. The van der Waals surface area contributed by atoms with Crippen molar-refractivity contribution in [1.29, 1.82) is 0 Å². The smallest absolute Gasteiger partial charge is 0.242 e. The van der Waals surface area contributed by atoms with Crippen LogP contribution in [0.1, 0.15) is 32.1 Å². The maximum absolute atomic E-state index is 5.96. The third kappa shape index (κ3) is 3.08. The Kier molecular flexibility index (Phi) is 4.50. The molecule has 0 bridgehead atoms. The minimum atomic E-state index is 0.405. The summed E-state index contributed by atoms with van der Waals surface area (Å²) in [5.41, 5.74) is 1.50. The number of rotatable bonds is 5. The molecular weight excluding hydrogens is 288 g/mol. The number of nitrogens with one attached hydrogen (secondary N) is 1. The van der Waals surface area contributed by atoms with E-state index >= 15 is 0 Å². The first-order valence-corrected chi connectivity index (χ1v) is 7.79. The number of aromatic nitrogens is 4. The number of hydrogen-bond donors (Lipinski definition) is 1. The summed E-state index contributed by atoms with van der Waals surface area (Å²) in [7, 11) is 1.59. The fraction of sp³-hybridized carbons (Fsp3) is 0.643. The van der Waals surface area contributed by atoms with E-state index in [4.69, 9.17) is 21.7 Å². The number of H-pyrrole nitrogens is 1. The van der Waals surface area contributed by atoms with Gasteiger partial charge in [0.2, 0.25) is 5.88 Å². The Labute approximate surface area is 128 Å². The third-order valence-electron chi connectivity index (χ3n) is 3.94. The van der Waals surface area contributed by atoms with Gasteiger partial charge in [-0.25, -0.2) is 4.98 Å². The van der Waals surface area contributed by atoms with Crippen LogP contribution in [0.4, 0.5) is 0 Å². The number of imidazole rings is 1. The zero-order chi connectivity index (χ0) is 14.7. The SMILES string of the molecule is COc1ncnc2c1[nH]c(=S)n2CCOC1CCCCC1. The Morgan fingerprint density at radius 3 is 2.90 bits per heavy atom. The largest absolute Gasteiger partial charge is 0.479 e. The molecule has 3 rings (SSSR count). The molecule has 0 spiro atoms. The summed E-state index contributed by atoms with van der Waals surface area (Å²) in [5.74, 6) is 0.512. The fourth-order valence-corrected chi connectivity index (χ4v) is 3.13. The zero-order valence-corrected chi connectivity index (χ0v) is 13.0. The second-order valence-electron chi connectivity index (χ2n) is 5.29. The number of methoxy groups -OCH3 is 1. The lowest BCUT2D eigenvalue weighted by Crippen LogP contribution is -2.19. The molecule has 1 fully saturated rings. The Bertz CT molecular complexity index is 661. The van der Waals surface area contributed by atoms with Crippen LogP contribution in [0, 0.1) is 4.77 Å². The molecule has 0 aromatic carbocycles. The van der Waals surface area contributed by atoms with Gasteiger partial charge in [0.15, 0.2) is 10.4 Å². The predicted octanol–water partition coefficient (Wildman–Crippen LogP) is 2.85. The summed E-state index contributed by atoms with van der Waals surface area (Å²) in [4.78, 5) is 11.5. The molecule has 21 heavy (non-hydrogen) atoms. The molecule has 1 N–H and O–H groups in total. The maximum Gasteiger partial charge on any atom is 0.242 e. The van der Waals surface area contributed by atoms with Crippen molar-refractivity contribution < 1.29 is 9.47 Å². The summed E-state index contributed by atoms with van der Waals surface area (Å²) in [5, 5.41) is 0. The van der Waals surface area contributed by atoms with Crippen LogP contribution in [0.2, 0.25) is 0 Å². The normalized spacial score (nSPS) is 16.4. The van der Waals surface area contributed by atoms with Gasteiger partial charge in [-0.2, -0.15) is 4.98 Å². The number of aromatic amines is 1. The van der Waals surface area contributed by atoms with Crippen LogP contribution < -0.4 is 4.74 Å². The Morgan fingerprint density at radius 1 is 1.33 bits per heavy atom. The average molecular weight is 308 g/mol. The first-order valence-electron chi connectivity index (χ1n) is 7.38. The zero-order valence-electron chi connectivity index (χ0n) is 12.2. The van der Waals surface area contributed by atoms with Gasteiger partial charge in [-0.05, 0) is 25.1 Å². The molecule has 6 nitrogen and oxygen atoms in total. The lowest BCUT2D eigenvalue weighted by Gasteiger charge is -2.22. The van der Waals surface area contributed by atoms with Gasteiger partial charge in [0, 0.05) is 0 Å². The highest BCUT2D eigenvalue weighted by Crippen LogP contribution is 2.22. The summed E-state index contributed by atoms with van der Waals surface area (Å²) in [6, 6.07) is 0. The van der Waals surface area contributed by atoms with Crippen molar-refractivity contribution in [2.75, 3.05) is 13.7 Å². The van der Waals surface area contributed by atoms with Crippen molar-refractivity contribution in [2.45, 2.75) is 44.8 Å². The van der Waals surface area contributed by atoms with Crippen molar-refractivity contribution >= 4 is 23.4 Å². The molecule has 1 aliphatic carbocycles. The lowest BCUT2D eigenvalue weighted by atomic mass is 9.98. The first-order chi connectivity index (χ1) is 10.3. The van der Waals surface area contributed by atoms with Crippen LogP contribution in [0.25, 0.3) is 11.2 Å². The topological polar surface area (TPSA) is 65.0 Å². The summed E-state index contributed by atoms with van der Waals surface area (Å²) in [6.07, 6.45) is 8.14. The molecule has 7 heteroatoms. The van der Waals surface area contributed by atoms with E-state index in [1.807, 2.05) is 4.57 Å². The maximum atomic E-state index is 5.96. The van der Waals surface area contributed by atoms with Gasteiger partial charge in [-0.15, -0.1) is 0 Å². The van der Waals surface area contributed by atoms with Crippen LogP contribution >= 0.6 is 12.2 Å². The number of hydrogen-bond acceptors (Lipinski definition) is 5. The van der Waals surface area contributed by atoms with Crippen LogP contribution in [0.15, 0.2) is 6.33 Å². The molecule has 0 aliphatic heterocycles. The third-order valence-corrected chi connectivity index (χ3v) is 4.26. The van der Waals surface area contributed by atoms with Crippen molar-refractivity contribution in [1.82, 2.24) is 19.5 Å². The summed E-state index contributed by atoms with van der Waals surface area (Å²) < 4.78 is 13.7. The van der Waals surface area contributed by atoms with Crippen molar-refractivity contribution in [2.24, 2.45) is 0 Å². The minimum absolute atomic E-state index is 0.405. The number of nitrogens with zero attached hydrogens (tertiary/aromatic N) is 3. The summed E-state index contributed by atoms with van der Waals surface area (Å²) >= 11 is 5.36. The molecule has 2 aromatic rings. The van der Waals surface area contributed by atoms with Gasteiger partial charge in [0.05, 0.1) is 26.4 Å². The fourth-order valence-electron chi connectivity index (χ4n) is 2.85. The van der Waals surface area contributed by atoms with E-state index in [9.17, 15) is 0 Å². The number of ether oxygens (including phenoxy) is 2. The molecule has 2 heterocycles. The average Bonchev–Trinajstić information content (AvgIpc) is 2.84. The molecular formula is C14H20N4O2S. The predicted molar refractivity (Wildman–Crippen MR) is 82.1 cm³/mol. The van der Waals surface area contributed by atoms with Crippen LogP contribution in [0.3, 0.4) is 0 Å². The molecule has 0 unspecified atom stereocenters. The van der Waals surface area contributed by atoms with Crippen LogP contribution in [0.5, 0.6) is 5.88 Å². The molecule has 114 valence electrons. The second-order valence-corrected chi connectivity index (χ2v) is 5.68. The molecule has 0 atom stereocenters. The highest BCUT2D eigenvalue weighted by molar-refractivity contribution is 7.71. The first kappa shape index (κ1) is 14.5. The van der Waals surface area contributed by atoms with Gasteiger partial charge in [0.25, 0.3) is 0 Å². The van der Waals surface area contributed by atoms with E-state index in [0.717, 1.165) is 11.2 Å². The number of fused-ring (bicyclic) bond motifs is 1. The molecule has 0 saturated heterocycles. The summed E-state index contributed by atoms with van der Waals surface area (Å²) in [6.45, 7) is 1.34. The standard InChI is InChI=1S/C14H20N4O2S/c1-19-13-11-12(15-9-16-13)18(14(21)17-11)7-8-20-10-5-3-2-4-6-10/h9-10H,2-8H2,1H3,(H,17,21). The van der Waals surface area contributed by atoms with E-state index in [1.165, 1.54) is 38.4 Å². The van der Waals surface area contributed by atoms with E-state index in [0.29, 0.717) is 29.9 Å². The van der Waals surface area contributed by atoms with Gasteiger partial charge >= 0.3 is 0 Å². The van der Waals surface area contributed by atoms with E-state index in [1.54, 1.807) is 7.11 Å². The Balaban J connectivity index is 1.71. The van der Waals surface area contributed by atoms with Crippen molar-refractivity contribution in [3.63, 3.8) is 0 Å². The molecule has 0 amide bonds. The van der Waals surface area contributed by atoms with Gasteiger partial charge in [-0.1, -0.05) is 19.3 Å². The Morgan fingerprint density at radius 2 is 2.14 bits per heavy atom. The molecule has 0 radical (unpaired) electrons. The monoisotopic (exact) mass is 308 g/mol. The van der Waals surface area contributed by atoms with Crippen LogP contribution in [-0.4, -0.2) is 39.3 Å².